The monoisotopic (exact) mass is 209 g/mol. The highest BCUT2D eigenvalue weighted by Gasteiger charge is 2.24. The van der Waals surface area contributed by atoms with Crippen LogP contribution in [0.5, 0.6) is 0 Å². The van der Waals surface area contributed by atoms with E-state index < -0.39 is 0 Å². The summed E-state index contributed by atoms with van der Waals surface area (Å²) < 4.78 is 0. The van der Waals surface area contributed by atoms with Crippen LogP contribution in [-0.4, -0.2) is 4.98 Å². The Morgan fingerprint density at radius 1 is 1.06 bits per heavy atom. The molecule has 0 atom stereocenters. The van der Waals surface area contributed by atoms with Crippen LogP contribution in [0.25, 0.3) is 11.1 Å². The fraction of sp³-hybridized carbons (Fsp3) is 0.267. The van der Waals surface area contributed by atoms with Crippen molar-refractivity contribution in [3.05, 3.63) is 53.9 Å². The van der Waals surface area contributed by atoms with Crippen LogP contribution in [0.3, 0.4) is 0 Å². The second kappa shape index (κ2) is 3.75. The van der Waals surface area contributed by atoms with Gasteiger partial charge in [0.15, 0.2) is 0 Å². The van der Waals surface area contributed by atoms with E-state index in [1.807, 2.05) is 6.20 Å². The molecule has 80 valence electrons. The lowest BCUT2D eigenvalue weighted by Gasteiger charge is -2.03. The van der Waals surface area contributed by atoms with Gasteiger partial charge in [-0.05, 0) is 31.4 Å². The van der Waals surface area contributed by atoms with E-state index in [-0.39, 0.29) is 0 Å². The highest BCUT2D eigenvalue weighted by molar-refractivity contribution is 5.63. The summed E-state index contributed by atoms with van der Waals surface area (Å²) >= 11 is 0. The Labute approximate surface area is 96.2 Å². The lowest BCUT2D eigenvalue weighted by atomic mass is 10.0. The van der Waals surface area contributed by atoms with Gasteiger partial charge < -0.3 is 0 Å². The predicted molar refractivity (Wildman–Crippen MR) is 66.4 cm³/mol. The highest BCUT2D eigenvalue weighted by Crippen LogP contribution is 2.39. The molecule has 1 nitrogen and oxygen atoms in total. The number of aromatic nitrogens is 1. The quantitative estimate of drug-likeness (QED) is 0.730. The maximum absolute atomic E-state index is 4.55. The minimum absolute atomic E-state index is 0.742. The van der Waals surface area contributed by atoms with E-state index >= 15 is 0 Å². The molecule has 0 radical (unpaired) electrons. The molecule has 0 unspecified atom stereocenters. The molecule has 0 saturated heterocycles. The number of hydrogen-bond acceptors (Lipinski definition) is 1. The van der Waals surface area contributed by atoms with E-state index in [1.165, 1.54) is 35.2 Å². The fourth-order valence-electron chi connectivity index (χ4n) is 2.02. The van der Waals surface area contributed by atoms with Crippen molar-refractivity contribution in [3.8, 4) is 11.1 Å². The van der Waals surface area contributed by atoms with Crippen molar-refractivity contribution in [2.75, 3.05) is 0 Å². The van der Waals surface area contributed by atoms with E-state index in [2.05, 4.69) is 48.3 Å². The van der Waals surface area contributed by atoms with Crippen molar-refractivity contribution in [3.63, 3.8) is 0 Å². The molecule has 3 rings (SSSR count). The van der Waals surface area contributed by atoms with Gasteiger partial charge >= 0.3 is 0 Å². The summed E-state index contributed by atoms with van der Waals surface area (Å²) in [6, 6.07) is 12.9. The third-order valence-electron chi connectivity index (χ3n) is 3.13. The molecule has 1 fully saturated rings. The molecule has 0 aliphatic heterocycles. The molecule has 0 bridgehead atoms. The fourth-order valence-corrected chi connectivity index (χ4v) is 2.02. The molecule has 0 N–H and O–H groups in total. The molecular formula is C15H15N. The van der Waals surface area contributed by atoms with Crippen LogP contribution in [0.4, 0.5) is 0 Å². The number of nitrogens with zero attached hydrogens (tertiary/aromatic N) is 1. The molecular weight excluding hydrogens is 194 g/mol. The van der Waals surface area contributed by atoms with Crippen molar-refractivity contribution >= 4 is 0 Å². The van der Waals surface area contributed by atoms with Gasteiger partial charge in [-0.15, -0.1) is 0 Å². The van der Waals surface area contributed by atoms with Gasteiger partial charge in [-0.25, -0.2) is 0 Å². The first-order valence-corrected chi connectivity index (χ1v) is 5.86. The molecule has 1 heterocycles. The third kappa shape index (κ3) is 1.85. The Morgan fingerprint density at radius 3 is 2.56 bits per heavy atom. The normalized spacial score (nSPS) is 15.1. The third-order valence-corrected chi connectivity index (χ3v) is 3.13. The van der Waals surface area contributed by atoms with Gasteiger partial charge in [0.2, 0.25) is 0 Å². The van der Waals surface area contributed by atoms with E-state index in [4.69, 9.17) is 0 Å². The Morgan fingerprint density at radius 2 is 1.94 bits per heavy atom. The standard InChI is InChI=1S/C15H15N/c1-11-3-2-4-13(9-11)14-7-8-15(16-10-14)12-5-6-12/h2-4,7-10,12H,5-6H2,1H3. The summed E-state index contributed by atoms with van der Waals surface area (Å²) in [5.41, 5.74) is 5.03. The molecule has 1 aliphatic carbocycles. The van der Waals surface area contributed by atoms with E-state index in [0.29, 0.717) is 0 Å². The molecule has 2 aromatic rings. The summed E-state index contributed by atoms with van der Waals surface area (Å²) in [6.45, 7) is 2.12. The lowest BCUT2D eigenvalue weighted by Crippen LogP contribution is -1.87. The Bertz CT molecular complexity index is 495. The van der Waals surface area contributed by atoms with Gasteiger partial charge in [0.1, 0.15) is 0 Å². The Balaban J connectivity index is 1.94. The van der Waals surface area contributed by atoms with Crippen molar-refractivity contribution in [1.29, 1.82) is 0 Å². The van der Waals surface area contributed by atoms with Gasteiger partial charge in [0.25, 0.3) is 0 Å². The van der Waals surface area contributed by atoms with Crippen molar-refractivity contribution in [2.24, 2.45) is 0 Å². The van der Waals surface area contributed by atoms with Crippen LogP contribution in [0.2, 0.25) is 0 Å². The SMILES string of the molecule is Cc1cccc(-c2ccc(C3CC3)nc2)c1. The average molecular weight is 209 g/mol. The summed E-state index contributed by atoms with van der Waals surface area (Å²) in [7, 11) is 0. The van der Waals surface area contributed by atoms with Crippen LogP contribution in [0.15, 0.2) is 42.6 Å². The first-order valence-electron chi connectivity index (χ1n) is 5.86. The van der Waals surface area contributed by atoms with E-state index in [0.717, 1.165) is 5.92 Å². The zero-order chi connectivity index (χ0) is 11.0. The number of hydrogen-bond donors (Lipinski definition) is 0. The van der Waals surface area contributed by atoms with Crippen LogP contribution in [-0.2, 0) is 0 Å². The van der Waals surface area contributed by atoms with Crippen LogP contribution in [0.1, 0.15) is 30.0 Å². The second-order valence-electron chi connectivity index (χ2n) is 4.62. The Hall–Kier alpha value is -1.63. The summed E-state index contributed by atoms with van der Waals surface area (Å²) in [5, 5.41) is 0. The van der Waals surface area contributed by atoms with Gasteiger partial charge in [0, 0.05) is 23.4 Å². The van der Waals surface area contributed by atoms with E-state index in [9.17, 15) is 0 Å². The maximum atomic E-state index is 4.55. The number of benzene rings is 1. The average Bonchev–Trinajstić information content (AvgIpc) is 3.13. The minimum Gasteiger partial charge on any atom is -0.260 e. The number of rotatable bonds is 2. The van der Waals surface area contributed by atoms with Gasteiger partial charge in [-0.1, -0.05) is 35.9 Å². The van der Waals surface area contributed by atoms with Gasteiger partial charge in [-0.3, -0.25) is 4.98 Å². The zero-order valence-electron chi connectivity index (χ0n) is 9.48. The summed E-state index contributed by atoms with van der Waals surface area (Å²) in [4.78, 5) is 4.55. The predicted octanol–water partition coefficient (Wildman–Crippen LogP) is 3.93. The van der Waals surface area contributed by atoms with Crippen molar-refractivity contribution in [2.45, 2.75) is 25.7 Å². The number of aryl methyl sites for hydroxylation is 1. The highest BCUT2D eigenvalue weighted by atomic mass is 14.7. The maximum Gasteiger partial charge on any atom is 0.0434 e. The molecule has 0 amide bonds. The molecule has 16 heavy (non-hydrogen) atoms. The molecule has 1 heteroatoms. The van der Waals surface area contributed by atoms with E-state index in [1.54, 1.807) is 0 Å². The zero-order valence-corrected chi connectivity index (χ0v) is 9.48. The first-order chi connectivity index (χ1) is 7.83. The molecule has 1 saturated carbocycles. The topological polar surface area (TPSA) is 12.9 Å². The Kier molecular flexibility index (Phi) is 2.24. The van der Waals surface area contributed by atoms with Crippen molar-refractivity contribution < 1.29 is 0 Å². The summed E-state index contributed by atoms with van der Waals surface area (Å²) in [5.74, 6) is 0.742. The largest absolute Gasteiger partial charge is 0.260 e. The van der Waals surface area contributed by atoms with Crippen LogP contribution >= 0.6 is 0 Å². The van der Waals surface area contributed by atoms with Gasteiger partial charge in [0.05, 0.1) is 0 Å². The second-order valence-corrected chi connectivity index (χ2v) is 4.62. The van der Waals surface area contributed by atoms with Crippen molar-refractivity contribution in [1.82, 2.24) is 4.98 Å². The summed E-state index contributed by atoms with van der Waals surface area (Å²) in [6.07, 6.45) is 4.63. The molecule has 1 aromatic carbocycles. The first kappa shape index (κ1) is 9.59. The van der Waals surface area contributed by atoms with Crippen LogP contribution in [0, 0.1) is 6.92 Å². The molecule has 1 aliphatic rings. The lowest BCUT2D eigenvalue weighted by molar-refractivity contribution is 1.02. The minimum atomic E-state index is 0.742. The molecule has 0 spiro atoms. The van der Waals surface area contributed by atoms with Crippen LogP contribution < -0.4 is 0 Å². The smallest absolute Gasteiger partial charge is 0.0434 e. The molecule has 1 aromatic heterocycles. The van der Waals surface area contributed by atoms with Gasteiger partial charge in [-0.2, -0.15) is 0 Å². The number of pyridine rings is 1.